The van der Waals surface area contributed by atoms with E-state index in [1.807, 2.05) is 0 Å². The zero-order valence-electron chi connectivity index (χ0n) is 12.8. The lowest BCUT2D eigenvalue weighted by Crippen LogP contribution is -2.25. The molecule has 1 aliphatic heterocycles. The third-order valence-electron chi connectivity index (χ3n) is 3.93. The molecule has 0 spiro atoms. The molecule has 0 aromatic carbocycles. The molecule has 1 saturated heterocycles. The van der Waals surface area contributed by atoms with Crippen LogP contribution in [0.4, 0.5) is 5.95 Å². The van der Waals surface area contributed by atoms with Crippen LogP contribution in [0.25, 0.3) is 11.2 Å². The van der Waals surface area contributed by atoms with Gasteiger partial charge in [0, 0.05) is 6.42 Å². The molecule has 1 fully saturated rings. The molecule has 2 aromatic rings. The van der Waals surface area contributed by atoms with Crippen molar-refractivity contribution in [1.82, 2.24) is 19.5 Å². The number of aliphatic hydroxyl groups excluding tert-OH is 3. The molecule has 10 nitrogen and oxygen atoms in total. The Bertz CT molecular complexity index is 787. The summed E-state index contributed by atoms with van der Waals surface area (Å²) >= 11 is 0. The molecule has 4 atom stereocenters. The number of nitrogens with zero attached hydrogens (tertiary/aromatic N) is 3. The van der Waals surface area contributed by atoms with Crippen molar-refractivity contribution in [2.24, 2.45) is 0 Å². The monoisotopic (exact) mass is 337 g/mol. The van der Waals surface area contributed by atoms with Crippen molar-refractivity contribution in [2.45, 2.75) is 30.9 Å². The second-order valence-corrected chi connectivity index (χ2v) is 5.52. The van der Waals surface area contributed by atoms with Gasteiger partial charge >= 0.3 is 0 Å². The first-order chi connectivity index (χ1) is 11.6. The van der Waals surface area contributed by atoms with Crippen molar-refractivity contribution in [2.75, 3.05) is 18.5 Å². The van der Waals surface area contributed by atoms with Crippen LogP contribution >= 0.6 is 0 Å². The second kappa shape index (κ2) is 6.69. The molecular formula is C14H19N5O5. The van der Waals surface area contributed by atoms with Crippen molar-refractivity contribution in [1.29, 1.82) is 0 Å². The summed E-state index contributed by atoms with van der Waals surface area (Å²) in [6.07, 6.45) is 1.06. The maximum Gasteiger partial charge on any atom is 0.280 e. The van der Waals surface area contributed by atoms with Gasteiger partial charge in [0.25, 0.3) is 5.56 Å². The summed E-state index contributed by atoms with van der Waals surface area (Å²) < 4.78 is 7.11. The number of aliphatic hydroxyl groups is 3. The van der Waals surface area contributed by atoms with Gasteiger partial charge in [-0.15, -0.1) is 6.58 Å². The molecule has 0 saturated carbocycles. The van der Waals surface area contributed by atoms with E-state index in [4.69, 9.17) is 4.74 Å². The fourth-order valence-electron chi connectivity index (χ4n) is 2.61. The smallest absolute Gasteiger partial charge is 0.280 e. The molecule has 24 heavy (non-hydrogen) atoms. The number of aromatic amines is 1. The Morgan fingerprint density at radius 3 is 3.00 bits per heavy atom. The number of ether oxygens (including phenoxy) is 1. The molecule has 0 radical (unpaired) electrons. The van der Waals surface area contributed by atoms with E-state index in [0.717, 1.165) is 0 Å². The maximum absolute atomic E-state index is 12.1. The van der Waals surface area contributed by atoms with Crippen LogP contribution in [0.1, 0.15) is 12.6 Å². The molecule has 2 aromatic heterocycles. The number of anilines is 1. The Kier molecular flexibility index (Phi) is 4.62. The standard InChI is InChI=1S/C14H19N5O5/c1-2-7(4-20)16-14-17-12-11(13(23)18-14)15-6-19(12)10-3-8(22)9(5-21)24-10/h2,6-10,20-22H,1,3-5H2,(H2,16,17,18,23)/t7-,8+,9-,10-/m1/s1. The van der Waals surface area contributed by atoms with Gasteiger partial charge in [-0.2, -0.15) is 4.98 Å². The van der Waals surface area contributed by atoms with Gasteiger partial charge in [-0.05, 0) is 0 Å². The average Bonchev–Trinajstić information content (AvgIpc) is 3.15. The Hall–Kier alpha value is -2.27. The van der Waals surface area contributed by atoms with Crippen LogP contribution in [0.15, 0.2) is 23.8 Å². The quantitative estimate of drug-likeness (QED) is 0.410. The lowest BCUT2D eigenvalue weighted by molar-refractivity contribution is -0.0432. The molecule has 0 amide bonds. The van der Waals surface area contributed by atoms with E-state index in [-0.39, 0.29) is 36.7 Å². The van der Waals surface area contributed by atoms with E-state index in [2.05, 4.69) is 26.8 Å². The fraction of sp³-hybridized carbons (Fsp3) is 0.500. The van der Waals surface area contributed by atoms with Crippen molar-refractivity contribution >= 4 is 17.1 Å². The molecule has 3 heterocycles. The predicted octanol–water partition coefficient (Wildman–Crippen LogP) is -1.28. The number of hydrogen-bond acceptors (Lipinski definition) is 8. The molecule has 10 heteroatoms. The van der Waals surface area contributed by atoms with Gasteiger partial charge in [-0.25, -0.2) is 4.98 Å². The molecule has 130 valence electrons. The topological polar surface area (TPSA) is 146 Å². The van der Waals surface area contributed by atoms with Gasteiger partial charge in [-0.3, -0.25) is 14.3 Å². The highest BCUT2D eigenvalue weighted by Crippen LogP contribution is 2.30. The molecule has 3 rings (SSSR count). The highest BCUT2D eigenvalue weighted by Gasteiger charge is 2.35. The summed E-state index contributed by atoms with van der Waals surface area (Å²) in [5.41, 5.74) is -0.0395. The normalized spacial score (nSPS) is 25.0. The van der Waals surface area contributed by atoms with Crippen molar-refractivity contribution < 1.29 is 20.1 Å². The second-order valence-electron chi connectivity index (χ2n) is 5.52. The van der Waals surface area contributed by atoms with E-state index < -0.39 is 30.0 Å². The van der Waals surface area contributed by atoms with E-state index in [9.17, 15) is 20.1 Å². The van der Waals surface area contributed by atoms with Crippen LogP contribution in [0.3, 0.4) is 0 Å². The number of nitrogens with one attached hydrogen (secondary N) is 2. The first kappa shape index (κ1) is 16.6. The van der Waals surface area contributed by atoms with Crippen LogP contribution in [0.5, 0.6) is 0 Å². The summed E-state index contributed by atoms with van der Waals surface area (Å²) in [7, 11) is 0. The first-order valence-corrected chi connectivity index (χ1v) is 7.48. The number of H-pyrrole nitrogens is 1. The number of fused-ring (bicyclic) bond motifs is 1. The van der Waals surface area contributed by atoms with Crippen molar-refractivity contribution in [3.8, 4) is 0 Å². The number of hydrogen-bond donors (Lipinski definition) is 5. The zero-order chi connectivity index (χ0) is 17.3. The maximum atomic E-state index is 12.1. The van der Waals surface area contributed by atoms with Crippen LogP contribution in [0, 0.1) is 0 Å². The van der Waals surface area contributed by atoms with E-state index in [1.54, 1.807) is 0 Å². The Balaban J connectivity index is 1.97. The minimum absolute atomic E-state index is 0.130. The Morgan fingerprint density at radius 1 is 1.58 bits per heavy atom. The summed E-state index contributed by atoms with van der Waals surface area (Å²) in [6, 6.07) is -0.467. The number of rotatable bonds is 6. The van der Waals surface area contributed by atoms with Gasteiger partial charge in [0.2, 0.25) is 5.95 Å². The molecule has 0 bridgehead atoms. The minimum Gasteiger partial charge on any atom is -0.394 e. The summed E-state index contributed by atoms with van der Waals surface area (Å²) in [5, 5.41) is 31.1. The van der Waals surface area contributed by atoms with Crippen LogP contribution in [0.2, 0.25) is 0 Å². The molecule has 0 aliphatic carbocycles. The van der Waals surface area contributed by atoms with Crippen molar-refractivity contribution in [3.05, 3.63) is 29.3 Å². The number of aromatic nitrogens is 4. The average molecular weight is 337 g/mol. The lowest BCUT2D eigenvalue weighted by atomic mass is 10.2. The van der Waals surface area contributed by atoms with Crippen LogP contribution < -0.4 is 10.9 Å². The minimum atomic E-state index is -0.809. The third kappa shape index (κ3) is 2.91. The molecule has 1 aliphatic rings. The molecule has 0 unspecified atom stereocenters. The largest absolute Gasteiger partial charge is 0.394 e. The molecular weight excluding hydrogens is 318 g/mol. The highest BCUT2D eigenvalue weighted by atomic mass is 16.5. The van der Waals surface area contributed by atoms with E-state index >= 15 is 0 Å². The molecule has 5 N–H and O–H groups in total. The highest BCUT2D eigenvalue weighted by molar-refractivity contribution is 5.71. The van der Waals surface area contributed by atoms with Crippen molar-refractivity contribution in [3.63, 3.8) is 0 Å². The summed E-state index contributed by atoms with van der Waals surface area (Å²) in [5.74, 6) is 0.158. The van der Waals surface area contributed by atoms with Gasteiger partial charge < -0.3 is 25.4 Å². The van der Waals surface area contributed by atoms with Crippen LogP contribution in [-0.2, 0) is 4.74 Å². The SMILES string of the molecule is C=C[C@H](CO)Nc1nc2c(ncn2[C@H]2C[C@H](O)[C@@H](CO)O2)c(=O)[nH]1. The summed E-state index contributed by atoms with van der Waals surface area (Å²) in [4.78, 5) is 23.0. The third-order valence-corrected chi connectivity index (χ3v) is 3.93. The first-order valence-electron chi connectivity index (χ1n) is 7.48. The van der Waals surface area contributed by atoms with Crippen LogP contribution in [-0.4, -0.2) is 66.3 Å². The van der Waals surface area contributed by atoms with E-state index in [1.165, 1.54) is 17.0 Å². The van der Waals surface area contributed by atoms with Gasteiger partial charge in [0.05, 0.1) is 31.7 Å². The van der Waals surface area contributed by atoms with Gasteiger partial charge in [0.15, 0.2) is 11.2 Å². The van der Waals surface area contributed by atoms with E-state index in [0.29, 0.717) is 0 Å². The number of imidazole rings is 1. The van der Waals surface area contributed by atoms with Gasteiger partial charge in [-0.1, -0.05) is 6.08 Å². The predicted molar refractivity (Wildman–Crippen MR) is 84.5 cm³/mol. The summed E-state index contributed by atoms with van der Waals surface area (Å²) in [6.45, 7) is 3.07. The lowest BCUT2D eigenvalue weighted by Gasteiger charge is -2.15. The Labute approximate surface area is 136 Å². The zero-order valence-corrected chi connectivity index (χ0v) is 12.8. The van der Waals surface area contributed by atoms with Gasteiger partial charge in [0.1, 0.15) is 12.3 Å². The Morgan fingerprint density at radius 2 is 2.38 bits per heavy atom. The fourth-order valence-corrected chi connectivity index (χ4v) is 2.61.